The predicted molar refractivity (Wildman–Crippen MR) is 83.2 cm³/mol. The zero-order valence-electron chi connectivity index (χ0n) is 12.7. The number of amides is 1. The molecule has 0 radical (unpaired) electrons. The molecule has 0 N–H and O–H groups in total. The van der Waals surface area contributed by atoms with Crippen molar-refractivity contribution < 1.29 is 9.53 Å². The molecular formula is C16H25NO2S. The molecule has 0 saturated carbocycles. The van der Waals surface area contributed by atoms with Crippen LogP contribution in [0.15, 0.2) is 12.1 Å². The van der Waals surface area contributed by atoms with Crippen molar-refractivity contribution in [3.8, 4) is 0 Å². The summed E-state index contributed by atoms with van der Waals surface area (Å²) in [6.45, 7) is 8.92. The van der Waals surface area contributed by atoms with Gasteiger partial charge in [0.1, 0.15) is 0 Å². The summed E-state index contributed by atoms with van der Waals surface area (Å²) < 4.78 is 5.86. The van der Waals surface area contributed by atoms with Crippen molar-refractivity contribution in [3.63, 3.8) is 0 Å². The number of carbonyl (C=O) groups excluding carboxylic acids is 1. The van der Waals surface area contributed by atoms with Crippen LogP contribution in [-0.2, 0) is 16.0 Å². The van der Waals surface area contributed by atoms with E-state index in [1.165, 1.54) is 9.75 Å². The summed E-state index contributed by atoms with van der Waals surface area (Å²) in [4.78, 5) is 16.7. The molecule has 3 nitrogen and oxygen atoms in total. The van der Waals surface area contributed by atoms with E-state index in [-0.39, 0.29) is 5.91 Å². The van der Waals surface area contributed by atoms with Crippen LogP contribution in [0.2, 0.25) is 0 Å². The molecule has 0 aromatic carbocycles. The smallest absolute Gasteiger partial charge is 0.227 e. The minimum absolute atomic E-state index is 0.258. The van der Waals surface area contributed by atoms with Gasteiger partial charge in [0.2, 0.25) is 5.91 Å². The monoisotopic (exact) mass is 295 g/mol. The first-order valence-electron chi connectivity index (χ1n) is 7.49. The number of rotatable bonds is 5. The molecule has 0 atom stereocenters. The van der Waals surface area contributed by atoms with Gasteiger partial charge < -0.3 is 9.64 Å². The van der Waals surface area contributed by atoms with E-state index in [1.807, 2.05) is 4.90 Å². The summed E-state index contributed by atoms with van der Waals surface area (Å²) >= 11 is 1.72. The molecule has 0 spiro atoms. The highest BCUT2D eigenvalue weighted by molar-refractivity contribution is 7.12. The van der Waals surface area contributed by atoms with Crippen LogP contribution in [0.1, 0.15) is 36.4 Å². The van der Waals surface area contributed by atoms with E-state index in [2.05, 4.69) is 32.9 Å². The molecule has 1 fully saturated rings. The Morgan fingerprint density at radius 3 is 2.65 bits per heavy atom. The first-order valence-corrected chi connectivity index (χ1v) is 8.31. The minimum Gasteiger partial charge on any atom is -0.378 e. The van der Waals surface area contributed by atoms with Crippen molar-refractivity contribution in [3.05, 3.63) is 21.9 Å². The Balaban J connectivity index is 1.74. The number of nitrogens with zero attached hydrogens (tertiary/aromatic N) is 1. The fraction of sp³-hybridized carbons (Fsp3) is 0.688. The van der Waals surface area contributed by atoms with Crippen LogP contribution in [0.25, 0.3) is 0 Å². The third-order valence-corrected chi connectivity index (χ3v) is 4.58. The maximum atomic E-state index is 12.2. The van der Waals surface area contributed by atoms with Gasteiger partial charge in [-0.3, -0.25) is 4.79 Å². The van der Waals surface area contributed by atoms with Crippen LogP contribution in [0, 0.1) is 12.8 Å². The molecule has 2 rings (SSSR count). The molecule has 2 heterocycles. The summed E-state index contributed by atoms with van der Waals surface area (Å²) in [7, 11) is 0. The van der Waals surface area contributed by atoms with Crippen LogP contribution < -0.4 is 0 Å². The van der Waals surface area contributed by atoms with Gasteiger partial charge in [0.05, 0.1) is 12.5 Å². The average Bonchev–Trinajstić information content (AvgIpc) is 2.82. The van der Waals surface area contributed by atoms with Crippen molar-refractivity contribution in [2.75, 3.05) is 19.7 Å². The lowest BCUT2D eigenvalue weighted by molar-refractivity contribution is -0.133. The lowest BCUT2D eigenvalue weighted by atomic mass is 10.1. The fourth-order valence-corrected chi connectivity index (χ4v) is 3.32. The molecule has 20 heavy (non-hydrogen) atoms. The summed E-state index contributed by atoms with van der Waals surface area (Å²) in [6.07, 6.45) is 2.84. The summed E-state index contributed by atoms with van der Waals surface area (Å²) in [5, 5.41) is 0. The number of likely N-dealkylation sites (tertiary alicyclic amines) is 1. The second kappa shape index (κ2) is 7.23. The number of piperidine rings is 1. The highest BCUT2D eigenvalue weighted by Crippen LogP contribution is 2.19. The zero-order valence-corrected chi connectivity index (χ0v) is 13.5. The van der Waals surface area contributed by atoms with E-state index in [0.29, 0.717) is 18.4 Å². The zero-order chi connectivity index (χ0) is 14.5. The molecule has 1 amide bonds. The Kier molecular flexibility index (Phi) is 5.61. The number of ether oxygens (including phenoxy) is 1. The van der Waals surface area contributed by atoms with Crippen molar-refractivity contribution in [2.45, 2.75) is 46.1 Å². The first kappa shape index (κ1) is 15.5. The van der Waals surface area contributed by atoms with Gasteiger partial charge in [0.15, 0.2) is 0 Å². The summed E-state index contributed by atoms with van der Waals surface area (Å²) in [6, 6.07) is 4.15. The molecule has 1 aliphatic heterocycles. The van der Waals surface area contributed by atoms with Gasteiger partial charge >= 0.3 is 0 Å². The number of aryl methyl sites for hydroxylation is 1. The van der Waals surface area contributed by atoms with Gasteiger partial charge in [-0.05, 0) is 37.8 Å². The van der Waals surface area contributed by atoms with Crippen LogP contribution in [0.5, 0.6) is 0 Å². The molecular weight excluding hydrogens is 270 g/mol. The third-order valence-electron chi connectivity index (χ3n) is 3.58. The van der Waals surface area contributed by atoms with Crippen LogP contribution in [-0.4, -0.2) is 36.6 Å². The number of hydrogen-bond donors (Lipinski definition) is 0. The van der Waals surface area contributed by atoms with Crippen LogP contribution in [0.3, 0.4) is 0 Å². The Hall–Kier alpha value is -0.870. The van der Waals surface area contributed by atoms with Crippen LogP contribution >= 0.6 is 11.3 Å². The van der Waals surface area contributed by atoms with Gasteiger partial charge in [0.25, 0.3) is 0 Å². The molecule has 1 saturated heterocycles. The molecule has 0 aliphatic carbocycles. The molecule has 0 unspecified atom stereocenters. The minimum atomic E-state index is 0.258. The van der Waals surface area contributed by atoms with E-state index in [4.69, 9.17) is 4.74 Å². The van der Waals surface area contributed by atoms with E-state index in [9.17, 15) is 4.79 Å². The summed E-state index contributed by atoms with van der Waals surface area (Å²) in [5.74, 6) is 0.839. The Morgan fingerprint density at radius 2 is 2.10 bits per heavy atom. The molecule has 4 heteroatoms. The number of hydrogen-bond acceptors (Lipinski definition) is 3. The quantitative estimate of drug-likeness (QED) is 0.834. The first-order chi connectivity index (χ1) is 9.54. The predicted octanol–water partition coefficient (Wildman–Crippen LogP) is 3.26. The van der Waals surface area contributed by atoms with Gasteiger partial charge in [-0.25, -0.2) is 0 Å². The van der Waals surface area contributed by atoms with E-state index < -0.39 is 0 Å². The highest BCUT2D eigenvalue weighted by atomic mass is 32.1. The molecule has 0 bridgehead atoms. The maximum Gasteiger partial charge on any atom is 0.227 e. The average molecular weight is 295 g/mol. The molecule has 1 aliphatic rings. The number of carbonyl (C=O) groups is 1. The van der Waals surface area contributed by atoms with E-state index in [0.717, 1.165) is 32.5 Å². The van der Waals surface area contributed by atoms with Crippen molar-refractivity contribution in [2.24, 2.45) is 5.92 Å². The van der Waals surface area contributed by atoms with Crippen LogP contribution in [0.4, 0.5) is 0 Å². The van der Waals surface area contributed by atoms with Gasteiger partial charge in [-0.1, -0.05) is 13.8 Å². The Labute approximate surface area is 125 Å². The molecule has 1 aromatic rings. The van der Waals surface area contributed by atoms with E-state index >= 15 is 0 Å². The summed E-state index contributed by atoms with van der Waals surface area (Å²) in [5.41, 5.74) is 0. The second-order valence-electron chi connectivity index (χ2n) is 6.00. The lowest BCUT2D eigenvalue weighted by Crippen LogP contribution is -2.41. The standard InChI is InChI=1S/C16H25NO2S/c1-12(2)11-19-14-6-8-17(9-7-14)16(18)10-15-5-4-13(3)20-15/h4-5,12,14H,6-11H2,1-3H3. The third kappa shape index (κ3) is 4.60. The number of thiophene rings is 1. The Morgan fingerprint density at radius 1 is 1.40 bits per heavy atom. The van der Waals surface area contributed by atoms with Crippen molar-refractivity contribution in [1.82, 2.24) is 4.90 Å². The Bertz CT molecular complexity index is 433. The molecule has 112 valence electrons. The highest BCUT2D eigenvalue weighted by Gasteiger charge is 2.23. The fourth-order valence-electron chi connectivity index (χ4n) is 2.44. The maximum absolute atomic E-state index is 12.2. The topological polar surface area (TPSA) is 29.5 Å². The van der Waals surface area contributed by atoms with Crippen molar-refractivity contribution >= 4 is 17.2 Å². The second-order valence-corrected chi connectivity index (χ2v) is 7.37. The van der Waals surface area contributed by atoms with Crippen molar-refractivity contribution in [1.29, 1.82) is 0 Å². The SMILES string of the molecule is Cc1ccc(CC(=O)N2CCC(OCC(C)C)CC2)s1. The van der Waals surface area contributed by atoms with Gasteiger partial charge in [-0.2, -0.15) is 0 Å². The normalized spacial score (nSPS) is 16.9. The van der Waals surface area contributed by atoms with E-state index in [1.54, 1.807) is 11.3 Å². The largest absolute Gasteiger partial charge is 0.378 e. The lowest BCUT2D eigenvalue weighted by Gasteiger charge is -2.32. The van der Waals surface area contributed by atoms with Gasteiger partial charge in [0, 0.05) is 29.5 Å². The van der Waals surface area contributed by atoms with Gasteiger partial charge in [-0.15, -0.1) is 11.3 Å². The molecule has 1 aromatic heterocycles.